The van der Waals surface area contributed by atoms with Crippen molar-refractivity contribution in [3.63, 3.8) is 0 Å². The zero-order valence-corrected chi connectivity index (χ0v) is 16.8. The van der Waals surface area contributed by atoms with E-state index >= 15 is 0 Å². The van der Waals surface area contributed by atoms with Crippen molar-refractivity contribution in [2.45, 2.75) is 45.7 Å². The Hall–Kier alpha value is -0.810. The summed E-state index contributed by atoms with van der Waals surface area (Å²) in [6.07, 6.45) is 3.31. The van der Waals surface area contributed by atoms with Gasteiger partial charge in [-0.05, 0) is 55.8 Å². The number of benzene rings is 1. The fourth-order valence-corrected chi connectivity index (χ4v) is 3.67. The molecule has 3 rings (SSSR count). The molecule has 25 heavy (non-hydrogen) atoms. The van der Waals surface area contributed by atoms with Gasteiger partial charge in [-0.1, -0.05) is 31.2 Å². The molecule has 0 saturated carbocycles. The van der Waals surface area contributed by atoms with E-state index in [9.17, 15) is 4.79 Å². The van der Waals surface area contributed by atoms with Crippen LogP contribution in [0, 0.1) is 5.41 Å². The van der Waals surface area contributed by atoms with Crippen molar-refractivity contribution < 1.29 is 4.79 Å². The number of nitrogens with one attached hydrogen (secondary N) is 2. The average Bonchev–Trinajstić information content (AvgIpc) is 2.59. The van der Waals surface area contributed by atoms with Crippen LogP contribution in [0.1, 0.15) is 37.8 Å². The van der Waals surface area contributed by atoms with E-state index in [1.807, 2.05) is 6.92 Å². The van der Waals surface area contributed by atoms with Gasteiger partial charge in [-0.3, -0.25) is 9.69 Å². The highest BCUT2D eigenvalue weighted by molar-refractivity contribution is 5.85. The molecule has 0 aliphatic carbocycles. The number of hydrogen-bond acceptors (Lipinski definition) is 3. The molecular formula is C19H31Cl2N3O. The molecule has 2 aliphatic heterocycles. The summed E-state index contributed by atoms with van der Waals surface area (Å²) in [5.41, 5.74) is 3.04. The fraction of sp³-hybridized carbons (Fsp3) is 0.632. The van der Waals surface area contributed by atoms with E-state index in [1.165, 1.54) is 11.1 Å². The first kappa shape index (κ1) is 22.2. The molecule has 0 bridgehead atoms. The van der Waals surface area contributed by atoms with E-state index in [0.29, 0.717) is 0 Å². The molecule has 2 aliphatic rings. The third kappa shape index (κ3) is 5.58. The first-order valence-electron chi connectivity index (χ1n) is 8.87. The van der Waals surface area contributed by atoms with Gasteiger partial charge in [0.15, 0.2) is 0 Å². The van der Waals surface area contributed by atoms with Gasteiger partial charge < -0.3 is 10.6 Å². The van der Waals surface area contributed by atoms with E-state index < -0.39 is 0 Å². The highest BCUT2D eigenvalue weighted by Gasteiger charge is 2.29. The molecule has 0 spiro atoms. The summed E-state index contributed by atoms with van der Waals surface area (Å²) in [6.45, 7) is 9.08. The molecule has 6 heteroatoms. The van der Waals surface area contributed by atoms with Crippen LogP contribution in [0.2, 0.25) is 0 Å². The lowest BCUT2D eigenvalue weighted by atomic mass is 9.81. The van der Waals surface area contributed by atoms with Gasteiger partial charge in [-0.2, -0.15) is 0 Å². The Morgan fingerprint density at radius 2 is 1.88 bits per heavy atom. The number of halogens is 2. The summed E-state index contributed by atoms with van der Waals surface area (Å²) in [4.78, 5) is 14.9. The van der Waals surface area contributed by atoms with Crippen LogP contribution in [0.5, 0.6) is 0 Å². The topological polar surface area (TPSA) is 44.4 Å². The van der Waals surface area contributed by atoms with E-state index in [2.05, 4.69) is 46.7 Å². The minimum atomic E-state index is -0.0614. The Morgan fingerprint density at radius 3 is 2.56 bits per heavy atom. The third-order valence-corrected chi connectivity index (χ3v) is 5.59. The van der Waals surface area contributed by atoms with E-state index in [0.717, 1.165) is 52.0 Å². The maximum atomic E-state index is 12.6. The maximum absolute atomic E-state index is 12.6. The van der Waals surface area contributed by atoms with Crippen LogP contribution in [-0.4, -0.2) is 43.0 Å². The minimum absolute atomic E-state index is 0. The summed E-state index contributed by atoms with van der Waals surface area (Å²) in [5, 5.41) is 6.60. The smallest absolute Gasteiger partial charge is 0.237 e. The standard InChI is InChI=1S/C19H29N3O.2ClH/c1-15(18(23)21-14-19(2)8-10-20-11-9-19)22-12-7-16-5-3-4-6-17(16)13-22;;/h3-6,15,20H,7-14H2,1-2H3,(H,21,23);2*1H. The highest BCUT2D eigenvalue weighted by atomic mass is 35.5. The summed E-state index contributed by atoms with van der Waals surface area (Å²) >= 11 is 0. The Labute approximate surface area is 163 Å². The maximum Gasteiger partial charge on any atom is 0.237 e. The normalized spacial score (nSPS) is 20.4. The number of carbonyl (C=O) groups is 1. The Morgan fingerprint density at radius 1 is 1.24 bits per heavy atom. The van der Waals surface area contributed by atoms with Crippen molar-refractivity contribution >= 4 is 30.7 Å². The SMILES string of the molecule is CC(C(=O)NCC1(C)CCNCC1)N1CCc2ccccc2C1.Cl.Cl. The molecule has 1 unspecified atom stereocenters. The van der Waals surface area contributed by atoms with E-state index in [-0.39, 0.29) is 42.2 Å². The van der Waals surface area contributed by atoms with Crippen LogP contribution < -0.4 is 10.6 Å². The van der Waals surface area contributed by atoms with Gasteiger partial charge in [0.2, 0.25) is 5.91 Å². The van der Waals surface area contributed by atoms with Crippen molar-refractivity contribution in [1.29, 1.82) is 0 Å². The predicted molar refractivity (Wildman–Crippen MR) is 108 cm³/mol. The van der Waals surface area contributed by atoms with Crippen molar-refractivity contribution in [2.75, 3.05) is 26.2 Å². The minimum Gasteiger partial charge on any atom is -0.354 e. The molecule has 1 aromatic carbocycles. The van der Waals surface area contributed by atoms with Crippen molar-refractivity contribution in [1.82, 2.24) is 15.5 Å². The van der Waals surface area contributed by atoms with Crippen LogP contribution in [0.25, 0.3) is 0 Å². The van der Waals surface area contributed by atoms with Gasteiger partial charge in [-0.15, -0.1) is 24.8 Å². The van der Waals surface area contributed by atoms with Crippen LogP contribution in [0.15, 0.2) is 24.3 Å². The Bertz CT molecular complexity index is 561. The average molecular weight is 388 g/mol. The second kappa shape index (κ2) is 9.77. The molecule has 1 aromatic rings. The molecule has 0 aromatic heterocycles. The molecule has 142 valence electrons. The lowest BCUT2D eigenvalue weighted by Crippen LogP contribution is -2.50. The number of nitrogens with zero attached hydrogens (tertiary/aromatic N) is 1. The monoisotopic (exact) mass is 387 g/mol. The van der Waals surface area contributed by atoms with Crippen LogP contribution >= 0.6 is 24.8 Å². The Kier molecular flexibility index (Phi) is 8.69. The first-order chi connectivity index (χ1) is 11.1. The lowest BCUT2D eigenvalue weighted by molar-refractivity contribution is -0.126. The van der Waals surface area contributed by atoms with Gasteiger partial charge >= 0.3 is 0 Å². The molecular weight excluding hydrogens is 357 g/mol. The van der Waals surface area contributed by atoms with E-state index in [4.69, 9.17) is 0 Å². The summed E-state index contributed by atoms with van der Waals surface area (Å²) in [5.74, 6) is 0.170. The molecule has 2 N–H and O–H groups in total. The number of rotatable bonds is 4. The quantitative estimate of drug-likeness (QED) is 0.834. The second-order valence-electron chi connectivity index (χ2n) is 7.44. The van der Waals surface area contributed by atoms with Crippen LogP contribution in [0.3, 0.4) is 0 Å². The summed E-state index contributed by atoms with van der Waals surface area (Å²) in [6, 6.07) is 8.51. The van der Waals surface area contributed by atoms with Crippen molar-refractivity contribution in [3.8, 4) is 0 Å². The number of amides is 1. The highest BCUT2D eigenvalue weighted by Crippen LogP contribution is 2.27. The van der Waals surface area contributed by atoms with Crippen LogP contribution in [0.4, 0.5) is 0 Å². The van der Waals surface area contributed by atoms with Gasteiger partial charge in [0.25, 0.3) is 0 Å². The molecule has 0 radical (unpaired) electrons. The fourth-order valence-electron chi connectivity index (χ4n) is 3.67. The third-order valence-electron chi connectivity index (χ3n) is 5.59. The van der Waals surface area contributed by atoms with Gasteiger partial charge in [0.05, 0.1) is 6.04 Å². The number of piperidine rings is 1. The zero-order chi connectivity index (χ0) is 16.3. The lowest BCUT2D eigenvalue weighted by Gasteiger charge is -2.36. The van der Waals surface area contributed by atoms with Gasteiger partial charge in [0, 0.05) is 19.6 Å². The summed E-state index contributed by atoms with van der Waals surface area (Å²) < 4.78 is 0. The first-order valence-corrected chi connectivity index (χ1v) is 8.87. The molecule has 4 nitrogen and oxygen atoms in total. The van der Waals surface area contributed by atoms with Crippen molar-refractivity contribution in [3.05, 3.63) is 35.4 Å². The zero-order valence-electron chi connectivity index (χ0n) is 15.2. The molecule has 1 amide bonds. The second-order valence-corrected chi connectivity index (χ2v) is 7.44. The predicted octanol–water partition coefficient (Wildman–Crippen LogP) is 2.78. The molecule has 1 atom stereocenters. The van der Waals surface area contributed by atoms with E-state index in [1.54, 1.807) is 0 Å². The van der Waals surface area contributed by atoms with Crippen molar-refractivity contribution in [2.24, 2.45) is 5.41 Å². The largest absolute Gasteiger partial charge is 0.354 e. The van der Waals surface area contributed by atoms with Gasteiger partial charge in [-0.25, -0.2) is 0 Å². The van der Waals surface area contributed by atoms with Crippen LogP contribution in [-0.2, 0) is 17.8 Å². The molecule has 1 saturated heterocycles. The molecule has 1 fully saturated rings. The molecule has 2 heterocycles. The summed E-state index contributed by atoms with van der Waals surface area (Å²) in [7, 11) is 0. The number of fused-ring (bicyclic) bond motifs is 1. The van der Waals surface area contributed by atoms with Gasteiger partial charge in [0.1, 0.15) is 0 Å². The number of hydrogen-bond donors (Lipinski definition) is 2. The number of carbonyl (C=O) groups excluding carboxylic acids is 1. The Balaban J connectivity index is 0.00000156.